The number of pyridine rings is 1. The Hall–Kier alpha value is -4.52. The number of piperidine rings is 3. The molecule has 3 saturated heterocycles. The molecule has 13 heteroatoms. The average molecular weight is 710 g/mol. The first-order valence-electron chi connectivity index (χ1n) is 17.5. The standard InChI is InChI=1S/C38H46F3N5O5/c1-22-23(2)37(49)44(3)19-27(22)25-16-33(50-4)28(34(17-25)51-5)20-45-13-12-29(38(40,41)21-45)24-10-14-46(15-11-24)32-8-6-26(18-30(32)39)42-31-7-9-35(47)43-36(31)48/h6,8,16-19,24,29,31,42H,7,9-15,20-21H2,1-5H3,(H,43,47,48). The van der Waals surface area contributed by atoms with Crippen molar-refractivity contribution in [2.24, 2.45) is 18.9 Å². The van der Waals surface area contributed by atoms with Gasteiger partial charge in [-0.1, -0.05) is 0 Å². The fourth-order valence-corrected chi connectivity index (χ4v) is 7.96. The topological polar surface area (TPSA) is 105 Å². The van der Waals surface area contributed by atoms with Crippen LogP contribution in [-0.4, -0.2) is 73.6 Å². The molecule has 3 aromatic rings. The van der Waals surface area contributed by atoms with Crippen molar-refractivity contribution in [1.29, 1.82) is 0 Å². The molecule has 0 spiro atoms. The van der Waals surface area contributed by atoms with Gasteiger partial charge in [0.2, 0.25) is 11.8 Å². The third-order valence-corrected chi connectivity index (χ3v) is 10.9. The molecule has 6 rings (SSSR count). The summed E-state index contributed by atoms with van der Waals surface area (Å²) in [5, 5.41) is 5.28. The molecular weight excluding hydrogens is 663 g/mol. The Morgan fingerprint density at radius 1 is 0.941 bits per heavy atom. The Morgan fingerprint density at radius 3 is 2.24 bits per heavy atom. The van der Waals surface area contributed by atoms with Gasteiger partial charge in [-0.2, -0.15) is 0 Å². The highest BCUT2D eigenvalue weighted by Gasteiger charge is 2.48. The molecule has 2 unspecified atom stereocenters. The summed E-state index contributed by atoms with van der Waals surface area (Å²) in [4.78, 5) is 39.6. The molecule has 274 valence electrons. The van der Waals surface area contributed by atoms with Crippen LogP contribution in [-0.2, 0) is 23.2 Å². The second-order valence-electron chi connectivity index (χ2n) is 14.1. The van der Waals surface area contributed by atoms with Crippen LogP contribution in [0, 0.1) is 31.5 Å². The van der Waals surface area contributed by atoms with E-state index in [9.17, 15) is 14.4 Å². The van der Waals surface area contributed by atoms with E-state index in [4.69, 9.17) is 9.47 Å². The normalized spacial score (nSPS) is 21.4. The molecule has 0 saturated carbocycles. The summed E-state index contributed by atoms with van der Waals surface area (Å²) in [5.41, 5.74) is 4.62. The number of carbonyl (C=O) groups is 2. The van der Waals surface area contributed by atoms with E-state index in [1.165, 1.54) is 6.07 Å². The zero-order chi connectivity index (χ0) is 36.6. The zero-order valence-corrected chi connectivity index (χ0v) is 29.8. The van der Waals surface area contributed by atoms with Crippen LogP contribution < -0.4 is 30.6 Å². The highest BCUT2D eigenvalue weighted by atomic mass is 19.3. The largest absolute Gasteiger partial charge is 0.496 e. The Balaban J connectivity index is 1.09. The van der Waals surface area contributed by atoms with E-state index in [0.717, 1.165) is 16.7 Å². The molecule has 10 nitrogen and oxygen atoms in total. The number of ether oxygens (including phenoxy) is 2. The molecule has 0 aliphatic carbocycles. The summed E-state index contributed by atoms with van der Waals surface area (Å²) >= 11 is 0. The molecule has 3 fully saturated rings. The van der Waals surface area contributed by atoms with Crippen molar-refractivity contribution < 1.29 is 32.2 Å². The summed E-state index contributed by atoms with van der Waals surface area (Å²) in [7, 11) is 4.80. The summed E-state index contributed by atoms with van der Waals surface area (Å²) in [6, 6.07) is 7.80. The summed E-state index contributed by atoms with van der Waals surface area (Å²) < 4.78 is 60.1. The summed E-state index contributed by atoms with van der Waals surface area (Å²) in [5.74, 6) is -4.03. The first kappa shape index (κ1) is 36.3. The number of methoxy groups -OCH3 is 2. The summed E-state index contributed by atoms with van der Waals surface area (Å²) in [6.07, 6.45) is 3.73. The Kier molecular flexibility index (Phi) is 10.4. The second kappa shape index (κ2) is 14.6. The van der Waals surface area contributed by atoms with Gasteiger partial charge < -0.3 is 24.3 Å². The second-order valence-corrected chi connectivity index (χ2v) is 14.1. The van der Waals surface area contributed by atoms with E-state index in [-0.39, 0.29) is 36.9 Å². The van der Waals surface area contributed by atoms with Crippen molar-refractivity contribution in [3.63, 3.8) is 0 Å². The number of nitrogens with one attached hydrogen (secondary N) is 2. The first-order chi connectivity index (χ1) is 24.3. The van der Waals surface area contributed by atoms with Gasteiger partial charge in [-0.25, -0.2) is 13.2 Å². The molecule has 51 heavy (non-hydrogen) atoms. The Labute approximate surface area is 295 Å². The van der Waals surface area contributed by atoms with Crippen LogP contribution in [0.15, 0.2) is 41.3 Å². The lowest BCUT2D eigenvalue weighted by Crippen LogP contribution is -2.52. The fraction of sp³-hybridized carbons (Fsp3) is 0.500. The molecule has 2 atom stereocenters. The van der Waals surface area contributed by atoms with Gasteiger partial charge in [-0.3, -0.25) is 24.6 Å². The number of rotatable bonds is 9. The van der Waals surface area contributed by atoms with Gasteiger partial charge in [-0.15, -0.1) is 0 Å². The number of aryl methyl sites for hydroxylation is 1. The number of amides is 2. The SMILES string of the molecule is COc1cc(-c2cn(C)c(=O)c(C)c2C)cc(OC)c1CN1CCC(C2CCN(c3ccc(NC4CCC(=O)NC4=O)cc3F)CC2)C(F)(F)C1. The Morgan fingerprint density at radius 2 is 1.63 bits per heavy atom. The van der Waals surface area contributed by atoms with E-state index >= 15 is 13.2 Å². The number of benzene rings is 2. The van der Waals surface area contributed by atoms with Crippen LogP contribution in [0.1, 0.15) is 48.8 Å². The van der Waals surface area contributed by atoms with Crippen molar-refractivity contribution in [1.82, 2.24) is 14.8 Å². The molecule has 3 aliphatic rings. The lowest BCUT2D eigenvalue weighted by atomic mass is 9.76. The summed E-state index contributed by atoms with van der Waals surface area (Å²) in [6.45, 7) is 4.95. The fourth-order valence-electron chi connectivity index (χ4n) is 7.96. The van der Waals surface area contributed by atoms with Crippen molar-refractivity contribution in [3.8, 4) is 22.6 Å². The predicted octanol–water partition coefficient (Wildman–Crippen LogP) is 5.42. The number of aromatic nitrogens is 1. The van der Waals surface area contributed by atoms with Gasteiger partial charge in [0.05, 0.1) is 32.0 Å². The number of alkyl halides is 2. The number of hydrogen-bond acceptors (Lipinski definition) is 8. The van der Waals surface area contributed by atoms with Crippen LogP contribution in [0.3, 0.4) is 0 Å². The van der Waals surface area contributed by atoms with Gasteiger partial charge in [0.1, 0.15) is 23.4 Å². The minimum atomic E-state index is -2.91. The molecule has 4 heterocycles. The van der Waals surface area contributed by atoms with Crippen LogP contribution in [0.2, 0.25) is 0 Å². The van der Waals surface area contributed by atoms with E-state index < -0.39 is 29.6 Å². The van der Waals surface area contributed by atoms with Crippen LogP contribution >= 0.6 is 0 Å². The molecule has 1 aromatic heterocycles. The third kappa shape index (κ3) is 7.44. The molecule has 3 aliphatic heterocycles. The first-order valence-corrected chi connectivity index (χ1v) is 17.5. The Bertz CT molecular complexity index is 1850. The molecule has 2 aromatic carbocycles. The predicted molar refractivity (Wildman–Crippen MR) is 189 cm³/mol. The van der Waals surface area contributed by atoms with Gasteiger partial charge in [0.25, 0.3) is 11.5 Å². The highest BCUT2D eigenvalue weighted by molar-refractivity contribution is 6.01. The van der Waals surface area contributed by atoms with E-state index in [2.05, 4.69) is 10.6 Å². The van der Waals surface area contributed by atoms with Crippen LogP contribution in [0.4, 0.5) is 24.5 Å². The van der Waals surface area contributed by atoms with Gasteiger partial charge in [0, 0.05) is 62.0 Å². The van der Waals surface area contributed by atoms with E-state index in [0.29, 0.717) is 79.3 Å². The molecular formula is C38H46F3N5O5. The maximum absolute atomic E-state index is 15.9. The lowest BCUT2D eigenvalue weighted by molar-refractivity contribution is -0.134. The quantitative estimate of drug-likeness (QED) is 0.284. The van der Waals surface area contributed by atoms with Crippen molar-refractivity contribution in [2.45, 2.75) is 64.5 Å². The number of halogens is 3. The molecule has 2 N–H and O–H groups in total. The smallest absolute Gasteiger partial charge is 0.263 e. The average Bonchev–Trinajstić information content (AvgIpc) is 3.10. The number of carbonyl (C=O) groups excluding carboxylic acids is 2. The molecule has 0 bridgehead atoms. The lowest BCUT2D eigenvalue weighted by Gasteiger charge is -2.45. The maximum Gasteiger partial charge on any atom is 0.263 e. The van der Waals surface area contributed by atoms with Crippen LogP contribution in [0.5, 0.6) is 11.5 Å². The number of anilines is 2. The van der Waals surface area contributed by atoms with Crippen LogP contribution in [0.25, 0.3) is 11.1 Å². The number of hydrogen-bond donors (Lipinski definition) is 2. The minimum Gasteiger partial charge on any atom is -0.496 e. The third-order valence-electron chi connectivity index (χ3n) is 10.9. The van der Waals surface area contributed by atoms with Gasteiger partial charge >= 0.3 is 0 Å². The minimum absolute atomic E-state index is 0.0662. The zero-order valence-electron chi connectivity index (χ0n) is 29.8. The number of imide groups is 1. The maximum atomic E-state index is 15.9. The van der Waals surface area contributed by atoms with Crippen molar-refractivity contribution in [3.05, 3.63) is 69.4 Å². The van der Waals surface area contributed by atoms with Crippen molar-refractivity contribution >= 4 is 23.2 Å². The van der Waals surface area contributed by atoms with Gasteiger partial charge in [-0.05, 0) is 93.5 Å². The molecule has 2 amide bonds. The van der Waals surface area contributed by atoms with Crippen molar-refractivity contribution in [2.75, 3.05) is 50.6 Å². The monoisotopic (exact) mass is 709 g/mol. The number of likely N-dealkylation sites (tertiary alicyclic amines) is 1. The number of nitrogens with zero attached hydrogens (tertiary/aromatic N) is 3. The van der Waals surface area contributed by atoms with Gasteiger partial charge in [0.15, 0.2) is 0 Å². The highest BCUT2D eigenvalue weighted by Crippen LogP contribution is 2.44. The van der Waals surface area contributed by atoms with E-state index in [1.54, 1.807) is 56.0 Å². The van der Waals surface area contributed by atoms with E-state index in [1.807, 2.05) is 24.0 Å². The molecule has 0 radical (unpaired) electrons.